The maximum atomic E-state index is 11.1. The Labute approximate surface area is 129 Å². The van der Waals surface area contributed by atoms with E-state index < -0.39 is 0 Å². The summed E-state index contributed by atoms with van der Waals surface area (Å²) in [5.41, 5.74) is 1.05. The number of benzene rings is 4. The van der Waals surface area contributed by atoms with Crippen molar-refractivity contribution in [1.82, 2.24) is 0 Å². The summed E-state index contributed by atoms with van der Waals surface area (Å²) in [7, 11) is 0. The minimum Gasteiger partial charge on any atom is -0.461 e. The van der Waals surface area contributed by atoms with Crippen LogP contribution in [0.4, 0.5) is 0 Å². The third-order valence-electron chi connectivity index (χ3n) is 4.05. The van der Waals surface area contributed by atoms with Crippen LogP contribution in [0.3, 0.4) is 0 Å². The molecule has 0 bridgehead atoms. The van der Waals surface area contributed by atoms with Crippen molar-refractivity contribution < 1.29 is 9.53 Å². The predicted octanol–water partition coefficient (Wildman–Crippen LogP) is 5.28. The Morgan fingerprint density at radius 2 is 1.45 bits per heavy atom. The van der Waals surface area contributed by atoms with Crippen LogP contribution in [0.1, 0.15) is 19.9 Å². The highest BCUT2D eigenvalue weighted by Gasteiger charge is 2.10. The second-order valence-electron chi connectivity index (χ2n) is 5.36. The van der Waals surface area contributed by atoms with Gasteiger partial charge in [-0.15, -0.1) is 0 Å². The molecule has 110 valence electrons. The molecule has 22 heavy (non-hydrogen) atoms. The Morgan fingerprint density at radius 3 is 2.14 bits per heavy atom. The van der Waals surface area contributed by atoms with Crippen LogP contribution in [0.5, 0.6) is 0 Å². The Balaban J connectivity index is 0.00000144. The molecular formula is C20H18O2. The molecule has 0 aromatic heterocycles. The second kappa shape index (κ2) is 5.30. The number of carbonyl (C=O) groups excluding carboxylic acids is 1. The zero-order valence-corrected chi connectivity index (χ0v) is 11.7. The van der Waals surface area contributed by atoms with Crippen molar-refractivity contribution in [3.05, 3.63) is 60.2 Å². The summed E-state index contributed by atoms with van der Waals surface area (Å²) < 4.78 is 5.18. The topological polar surface area (TPSA) is 26.3 Å². The van der Waals surface area contributed by atoms with Gasteiger partial charge in [-0.25, -0.2) is 0 Å². The molecular weight excluding hydrogens is 272 g/mol. The van der Waals surface area contributed by atoms with Gasteiger partial charge in [-0.1, -0.05) is 62.0 Å². The van der Waals surface area contributed by atoms with E-state index in [0.29, 0.717) is 6.61 Å². The van der Waals surface area contributed by atoms with Crippen LogP contribution in [0, 0.1) is 0 Å². The maximum absolute atomic E-state index is 11.1. The lowest BCUT2D eigenvalue weighted by molar-refractivity contribution is -0.142. The average molecular weight is 290 g/mol. The lowest BCUT2D eigenvalue weighted by Crippen LogP contribution is -1.99. The normalized spacial score (nSPS) is 11.0. The first-order chi connectivity index (χ1) is 10.2. The zero-order valence-electron chi connectivity index (χ0n) is 11.7. The molecule has 0 N–H and O–H groups in total. The van der Waals surface area contributed by atoms with E-state index in [2.05, 4.69) is 48.5 Å². The van der Waals surface area contributed by atoms with Gasteiger partial charge in [0.15, 0.2) is 0 Å². The lowest BCUT2D eigenvalue weighted by atomic mass is 9.92. The molecule has 0 saturated carbocycles. The standard InChI is InChI=1S/C19H14O2.CH4/c1-12(20)21-11-16-8-7-15-6-5-13-3-2-4-14-9-10-17(16)19(15)18(13)14;/h2-10H,11H2,1H3;1H4. The average Bonchev–Trinajstić information content (AvgIpc) is 2.51. The third-order valence-corrected chi connectivity index (χ3v) is 4.05. The molecule has 4 aromatic rings. The molecule has 0 radical (unpaired) electrons. The smallest absolute Gasteiger partial charge is 0.302 e. The summed E-state index contributed by atoms with van der Waals surface area (Å²) in [5, 5.41) is 7.43. The largest absolute Gasteiger partial charge is 0.461 e. The fourth-order valence-electron chi connectivity index (χ4n) is 3.10. The van der Waals surface area contributed by atoms with E-state index in [1.54, 1.807) is 0 Å². The van der Waals surface area contributed by atoms with Crippen molar-refractivity contribution in [2.45, 2.75) is 21.0 Å². The summed E-state index contributed by atoms with van der Waals surface area (Å²) in [4.78, 5) is 11.1. The van der Waals surface area contributed by atoms with Crippen LogP contribution in [-0.4, -0.2) is 5.97 Å². The second-order valence-corrected chi connectivity index (χ2v) is 5.36. The summed E-state index contributed by atoms with van der Waals surface area (Å²) >= 11 is 0. The van der Waals surface area contributed by atoms with Gasteiger partial charge < -0.3 is 4.74 Å². The number of hydrogen-bond acceptors (Lipinski definition) is 2. The summed E-state index contributed by atoms with van der Waals surface area (Å²) in [5.74, 6) is -0.249. The van der Waals surface area contributed by atoms with Gasteiger partial charge in [-0.05, 0) is 37.9 Å². The van der Waals surface area contributed by atoms with E-state index in [4.69, 9.17) is 4.74 Å². The van der Waals surface area contributed by atoms with E-state index in [0.717, 1.165) is 10.9 Å². The molecule has 0 atom stereocenters. The number of carbonyl (C=O) groups is 1. The van der Waals surface area contributed by atoms with Crippen LogP contribution >= 0.6 is 0 Å². The molecule has 0 heterocycles. The number of ether oxygens (including phenoxy) is 1. The highest BCUT2D eigenvalue weighted by molar-refractivity contribution is 6.23. The first-order valence-electron chi connectivity index (χ1n) is 7.03. The fraction of sp³-hybridized carbons (Fsp3) is 0.150. The summed E-state index contributed by atoms with van der Waals surface area (Å²) in [6, 6.07) is 19.1. The lowest BCUT2D eigenvalue weighted by Gasteiger charge is -2.13. The van der Waals surface area contributed by atoms with E-state index in [-0.39, 0.29) is 13.4 Å². The van der Waals surface area contributed by atoms with Crippen molar-refractivity contribution in [2.75, 3.05) is 0 Å². The van der Waals surface area contributed by atoms with Crippen LogP contribution in [0.2, 0.25) is 0 Å². The van der Waals surface area contributed by atoms with Crippen molar-refractivity contribution in [3.8, 4) is 0 Å². The first-order valence-corrected chi connectivity index (χ1v) is 7.03. The Hall–Kier alpha value is -2.61. The van der Waals surface area contributed by atoms with Gasteiger partial charge in [0.25, 0.3) is 0 Å². The molecule has 4 rings (SSSR count). The van der Waals surface area contributed by atoms with Crippen LogP contribution in [0.25, 0.3) is 32.3 Å². The van der Waals surface area contributed by atoms with Crippen molar-refractivity contribution in [3.63, 3.8) is 0 Å². The Kier molecular flexibility index (Phi) is 3.45. The summed E-state index contributed by atoms with van der Waals surface area (Å²) in [6.45, 7) is 1.76. The minimum atomic E-state index is -0.249. The molecule has 0 aliphatic carbocycles. The van der Waals surface area contributed by atoms with Crippen molar-refractivity contribution in [1.29, 1.82) is 0 Å². The maximum Gasteiger partial charge on any atom is 0.302 e. The Bertz CT molecular complexity index is 954. The van der Waals surface area contributed by atoms with Gasteiger partial charge in [0, 0.05) is 6.92 Å². The van der Waals surface area contributed by atoms with E-state index in [1.807, 2.05) is 6.07 Å². The van der Waals surface area contributed by atoms with Crippen LogP contribution in [0.15, 0.2) is 54.6 Å². The van der Waals surface area contributed by atoms with E-state index in [9.17, 15) is 4.79 Å². The van der Waals surface area contributed by atoms with Crippen molar-refractivity contribution >= 4 is 38.3 Å². The van der Waals surface area contributed by atoms with Gasteiger partial charge in [-0.2, -0.15) is 0 Å². The molecule has 0 fully saturated rings. The number of rotatable bonds is 2. The molecule has 0 aliphatic heterocycles. The quantitative estimate of drug-likeness (QED) is 0.370. The zero-order chi connectivity index (χ0) is 14.4. The van der Waals surface area contributed by atoms with Gasteiger partial charge in [-0.3, -0.25) is 4.79 Å². The molecule has 4 aromatic carbocycles. The first kappa shape index (κ1) is 14.3. The molecule has 0 saturated heterocycles. The van der Waals surface area contributed by atoms with Crippen LogP contribution in [-0.2, 0) is 16.1 Å². The van der Waals surface area contributed by atoms with E-state index >= 15 is 0 Å². The molecule has 2 heteroatoms. The van der Waals surface area contributed by atoms with Gasteiger partial charge in [0.1, 0.15) is 6.61 Å². The van der Waals surface area contributed by atoms with Crippen LogP contribution < -0.4 is 0 Å². The number of hydrogen-bond donors (Lipinski definition) is 0. The molecule has 0 spiro atoms. The van der Waals surface area contributed by atoms with Gasteiger partial charge in [0.2, 0.25) is 0 Å². The fourth-order valence-corrected chi connectivity index (χ4v) is 3.10. The van der Waals surface area contributed by atoms with Gasteiger partial charge >= 0.3 is 5.97 Å². The highest BCUT2D eigenvalue weighted by Crippen LogP contribution is 2.35. The summed E-state index contributed by atoms with van der Waals surface area (Å²) in [6.07, 6.45) is 0. The molecule has 0 aliphatic rings. The molecule has 2 nitrogen and oxygen atoms in total. The highest BCUT2D eigenvalue weighted by atomic mass is 16.5. The monoisotopic (exact) mass is 290 g/mol. The molecule has 0 unspecified atom stereocenters. The SMILES string of the molecule is C.CC(=O)OCc1ccc2ccc3cccc4ccc1c2c34. The molecule has 0 amide bonds. The minimum absolute atomic E-state index is 0. The Morgan fingerprint density at radius 1 is 0.864 bits per heavy atom. The number of esters is 1. The van der Waals surface area contributed by atoms with E-state index in [1.165, 1.54) is 33.9 Å². The predicted molar refractivity (Wildman–Crippen MR) is 92.3 cm³/mol. The third kappa shape index (κ3) is 2.08. The van der Waals surface area contributed by atoms with Gasteiger partial charge in [0.05, 0.1) is 0 Å². The van der Waals surface area contributed by atoms with Crippen molar-refractivity contribution in [2.24, 2.45) is 0 Å².